The number of rotatable bonds is 7. The summed E-state index contributed by atoms with van der Waals surface area (Å²) in [7, 11) is 2.18. The Labute approximate surface area is 215 Å². The molecule has 0 bridgehead atoms. The lowest BCUT2D eigenvalue weighted by Gasteiger charge is -2.36. The van der Waals surface area contributed by atoms with Gasteiger partial charge in [0.1, 0.15) is 0 Å². The van der Waals surface area contributed by atoms with Crippen molar-refractivity contribution in [2.75, 3.05) is 39.8 Å². The first-order valence-electron chi connectivity index (χ1n) is 13.5. The van der Waals surface area contributed by atoms with Gasteiger partial charge in [-0.2, -0.15) is 5.26 Å². The van der Waals surface area contributed by atoms with Crippen molar-refractivity contribution < 1.29 is 4.79 Å². The molecule has 36 heavy (non-hydrogen) atoms. The summed E-state index contributed by atoms with van der Waals surface area (Å²) in [4.78, 5) is 17.7. The number of nitrogens with two attached hydrogens (primary N) is 1. The number of carbonyl (C=O) groups excluding carboxylic acids is 1. The summed E-state index contributed by atoms with van der Waals surface area (Å²) in [6, 6.07) is 19.3. The molecule has 3 aliphatic rings. The number of nitrogens with one attached hydrogen (secondary N) is 1. The Morgan fingerprint density at radius 2 is 1.50 bits per heavy atom. The van der Waals surface area contributed by atoms with Crippen molar-refractivity contribution in [1.29, 1.82) is 5.26 Å². The maximum Gasteiger partial charge on any atom is 0.240 e. The molecule has 0 aromatic heterocycles. The molecule has 1 saturated heterocycles. The minimum atomic E-state index is -0.784. The number of nitriles is 1. The molecule has 1 spiro atoms. The molecule has 0 unspecified atom stereocenters. The van der Waals surface area contributed by atoms with Crippen molar-refractivity contribution in [2.24, 2.45) is 11.1 Å². The highest BCUT2D eigenvalue weighted by Gasteiger charge is 2.50. The molecule has 190 valence electrons. The van der Waals surface area contributed by atoms with Crippen LogP contribution in [0.15, 0.2) is 48.5 Å². The number of benzene rings is 2. The fraction of sp³-hybridized carbons (Fsp3) is 0.533. The second-order valence-electron chi connectivity index (χ2n) is 11.4. The van der Waals surface area contributed by atoms with Crippen molar-refractivity contribution in [1.82, 2.24) is 15.1 Å². The van der Waals surface area contributed by atoms with Crippen molar-refractivity contribution in [3.05, 3.63) is 59.7 Å². The van der Waals surface area contributed by atoms with Gasteiger partial charge < -0.3 is 16.0 Å². The number of carbonyl (C=O) groups is 1. The van der Waals surface area contributed by atoms with Gasteiger partial charge in [0.25, 0.3) is 0 Å². The molecule has 2 aromatic rings. The number of amides is 1. The van der Waals surface area contributed by atoms with E-state index in [1.165, 1.54) is 24.0 Å². The average Bonchev–Trinajstić information content (AvgIpc) is 3.68. The SMILES string of the molecule is CN1CCN(Cc2ccc(-c3ccc([C@@H](C#N)CNC(=O)C4(N)CCC5(CC5)CC4)cc3)cc2)CC1. The van der Waals surface area contributed by atoms with Gasteiger partial charge in [-0.3, -0.25) is 9.69 Å². The maximum atomic E-state index is 12.9. The summed E-state index contributed by atoms with van der Waals surface area (Å²) < 4.78 is 0. The van der Waals surface area contributed by atoms with Crippen LogP contribution >= 0.6 is 0 Å². The van der Waals surface area contributed by atoms with E-state index in [1.807, 2.05) is 12.1 Å². The van der Waals surface area contributed by atoms with E-state index < -0.39 is 11.5 Å². The first-order valence-corrected chi connectivity index (χ1v) is 13.5. The predicted octanol–water partition coefficient (Wildman–Crippen LogP) is 3.88. The lowest BCUT2D eigenvalue weighted by molar-refractivity contribution is -0.128. The van der Waals surface area contributed by atoms with E-state index in [9.17, 15) is 10.1 Å². The molecule has 3 N–H and O–H groups in total. The average molecular weight is 486 g/mol. The van der Waals surface area contributed by atoms with Gasteiger partial charge in [-0.15, -0.1) is 0 Å². The molecule has 2 saturated carbocycles. The molecular formula is C30H39N5O. The molecule has 1 atom stereocenters. The lowest BCUT2D eigenvalue weighted by Crippen LogP contribution is -2.56. The molecule has 1 heterocycles. The molecular weight excluding hydrogens is 446 g/mol. The van der Waals surface area contributed by atoms with Crippen LogP contribution in [-0.2, 0) is 11.3 Å². The number of hydrogen-bond donors (Lipinski definition) is 2. The zero-order valence-corrected chi connectivity index (χ0v) is 21.5. The van der Waals surface area contributed by atoms with E-state index >= 15 is 0 Å². The van der Waals surface area contributed by atoms with Crippen LogP contribution < -0.4 is 11.1 Å². The van der Waals surface area contributed by atoms with Gasteiger partial charge in [-0.1, -0.05) is 48.5 Å². The summed E-state index contributed by atoms with van der Waals surface area (Å²) in [6.45, 7) is 5.78. The van der Waals surface area contributed by atoms with E-state index in [2.05, 4.69) is 64.6 Å². The second-order valence-corrected chi connectivity index (χ2v) is 11.4. The van der Waals surface area contributed by atoms with Crippen molar-refractivity contribution >= 4 is 5.91 Å². The van der Waals surface area contributed by atoms with E-state index in [1.54, 1.807) is 0 Å². The van der Waals surface area contributed by atoms with E-state index in [4.69, 9.17) is 5.73 Å². The fourth-order valence-corrected chi connectivity index (χ4v) is 5.71. The van der Waals surface area contributed by atoms with Crippen molar-refractivity contribution in [3.8, 4) is 17.2 Å². The highest BCUT2D eigenvalue weighted by Crippen LogP contribution is 2.57. The van der Waals surface area contributed by atoms with Crippen LogP contribution in [0.4, 0.5) is 0 Å². The molecule has 2 aliphatic carbocycles. The topological polar surface area (TPSA) is 85.4 Å². The van der Waals surface area contributed by atoms with E-state index in [0.29, 0.717) is 12.0 Å². The normalized spacial score (nSPS) is 22.0. The largest absolute Gasteiger partial charge is 0.353 e. The highest BCUT2D eigenvalue weighted by atomic mass is 16.2. The third kappa shape index (κ3) is 5.64. The monoisotopic (exact) mass is 485 g/mol. The van der Waals surface area contributed by atoms with Crippen molar-refractivity contribution in [3.63, 3.8) is 0 Å². The first kappa shape index (κ1) is 25.0. The quantitative estimate of drug-likeness (QED) is 0.622. The Morgan fingerprint density at radius 1 is 0.944 bits per heavy atom. The molecule has 0 radical (unpaired) electrons. The Hall–Kier alpha value is -2.72. The second kappa shape index (κ2) is 10.3. The van der Waals surface area contributed by atoms with Gasteiger partial charge in [0.2, 0.25) is 5.91 Å². The van der Waals surface area contributed by atoms with Gasteiger partial charge >= 0.3 is 0 Å². The van der Waals surface area contributed by atoms with Gasteiger partial charge in [-0.25, -0.2) is 0 Å². The Bertz CT molecular complexity index is 1080. The zero-order valence-electron chi connectivity index (χ0n) is 21.5. The summed E-state index contributed by atoms with van der Waals surface area (Å²) in [5, 5.41) is 12.8. The molecule has 1 aliphatic heterocycles. The lowest BCUT2D eigenvalue weighted by atomic mass is 9.74. The number of piperazine rings is 1. The molecule has 2 aromatic carbocycles. The van der Waals surface area contributed by atoms with Crippen LogP contribution in [0.2, 0.25) is 0 Å². The summed E-state index contributed by atoms with van der Waals surface area (Å²) in [5.74, 6) is -0.498. The summed E-state index contributed by atoms with van der Waals surface area (Å²) >= 11 is 0. The Morgan fingerprint density at radius 3 is 2.06 bits per heavy atom. The number of nitrogens with zero attached hydrogens (tertiary/aromatic N) is 3. The zero-order chi connectivity index (χ0) is 25.2. The van der Waals surface area contributed by atoms with Crippen LogP contribution in [0.3, 0.4) is 0 Å². The summed E-state index contributed by atoms with van der Waals surface area (Å²) in [6.07, 6.45) is 6.18. The highest BCUT2D eigenvalue weighted by molar-refractivity contribution is 5.86. The minimum absolute atomic E-state index is 0.105. The van der Waals surface area contributed by atoms with Gasteiger partial charge in [0.05, 0.1) is 17.5 Å². The number of likely N-dealkylation sites (N-methyl/N-ethyl adjacent to an activating group) is 1. The third-order valence-electron chi connectivity index (χ3n) is 8.84. The van der Waals surface area contributed by atoms with Crippen LogP contribution in [0, 0.1) is 16.7 Å². The molecule has 3 fully saturated rings. The molecule has 6 nitrogen and oxygen atoms in total. The van der Waals surface area contributed by atoms with E-state index in [0.717, 1.165) is 69.5 Å². The smallest absolute Gasteiger partial charge is 0.240 e. The number of hydrogen-bond acceptors (Lipinski definition) is 5. The van der Waals surface area contributed by atoms with Crippen LogP contribution in [0.1, 0.15) is 55.6 Å². The maximum absolute atomic E-state index is 12.9. The standard InChI is InChI=1S/C30H39N5O/c1-34-16-18-35(19-17-34)22-23-2-4-24(5-3-23)25-6-8-26(9-7-25)27(20-31)21-33-28(36)30(32)14-12-29(10-11-29)13-15-30/h2-9,27H,10-19,21-22,32H2,1H3,(H,33,36)/t27-/m0/s1. The molecule has 1 amide bonds. The van der Waals surface area contributed by atoms with Crippen LogP contribution in [-0.4, -0.2) is 61.0 Å². The Balaban J connectivity index is 1.15. The summed E-state index contributed by atoms with van der Waals surface area (Å²) in [5.41, 5.74) is 10.7. The fourth-order valence-electron chi connectivity index (χ4n) is 5.71. The molecule has 6 heteroatoms. The van der Waals surface area contributed by atoms with Crippen LogP contribution in [0.25, 0.3) is 11.1 Å². The van der Waals surface area contributed by atoms with E-state index in [-0.39, 0.29) is 5.91 Å². The van der Waals surface area contributed by atoms with Gasteiger partial charge in [-0.05, 0) is 73.2 Å². The Kier molecular flexibility index (Phi) is 7.16. The molecule has 5 rings (SSSR count). The van der Waals surface area contributed by atoms with Gasteiger partial charge in [0, 0.05) is 39.3 Å². The third-order valence-corrected chi connectivity index (χ3v) is 8.84. The van der Waals surface area contributed by atoms with Crippen molar-refractivity contribution in [2.45, 2.75) is 56.5 Å². The van der Waals surface area contributed by atoms with Crippen LogP contribution in [0.5, 0.6) is 0 Å². The predicted molar refractivity (Wildman–Crippen MR) is 143 cm³/mol. The first-order chi connectivity index (χ1) is 17.4. The minimum Gasteiger partial charge on any atom is -0.353 e. The van der Waals surface area contributed by atoms with Gasteiger partial charge in [0.15, 0.2) is 0 Å².